The first kappa shape index (κ1) is 19.6. The Balaban J connectivity index is 1.90. The summed E-state index contributed by atoms with van der Waals surface area (Å²) in [7, 11) is 1.79. The van der Waals surface area contributed by atoms with Gasteiger partial charge in [0.25, 0.3) is 5.91 Å². The predicted octanol–water partition coefficient (Wildman–Crippen LogP) is 2.73. The van der Waals surface area contributed by atoms with Crippen LogP contribution in [0.1, 0.15) is 54.9 Å². The maximum Gasteiger partial charge on any atom is 0.272 e. The highest BCUT2D eigenvalue weighted by atomic mass is 16.5. The molecule has 2 aromatic rings. The Morgan fingerprint density at radius 3 is 2.67 bits per heavy atom. The first-order valence-electron chi connectivity index (χ1n) is 9.51. The van der Waals surface area contributed by atoms with Crippen molar-refractivity contribution in [2.75, 3.05) is 13.2 Å². The molecule has 1 aromatic carbocycles. The maximum absolute atomic E-state index is 13.4. The molecule has 1 fully saturated rings. The van der Waals surface area contributed by atoms with Gasteiger partial charge in [0, 0.05) is 26.6 Å². The average molecular weight is 371 g/mol. The Kier molecular flexibility index (Phi) is 5.67. The molecule has 0 aliphatic carbocycles. The number of hydrogen-bond donors (Lipinski definition) is 1. The van der Waals surface area contributed by atoms with Crippen LogP contribution in [0, 0.1) is 0 Å². The minimum atomic E-state index is -1.04. The molecule has 2 heterocycles. The number of nitrogens with zero attached hydrogens (tertiary/aromatic N) is 3. The monoisotopic (exact) mass is 371 g/mol. The van der Waals surface area contributed by atoms with E-state index < -0.39 is 5.60 Å². The number of aromatic nitrogens is 2. The molecule has 27 heavy (non-hydrogen) atoms. The van der Waals surface area contributed by atoms with E-state index >= 15 is 0 Å². The number of benzene rings is 1. The van der Waals surface area contributed by atoms with Gasteiger partial charge in [-0.25, -0.2) is 0 Å². The van der Waals surface area contributed by atoms with Crippen molar-refractivity contribution in [3.05, 3.63) is 53.3 Å². The summed E-state index contributed by atoms with van der Waals surface area (Å²) in [6, 6.07) is 11.7. The number of amides is 1. The Labute approximate surface area is 160 Å². The van der Waals surface area contributed by atoms with Gasteiger partial charge in [-0.3, -0.25) is 9.48 Å². The van der Waals surface area contributed by atoms with Crippen LogP contribution in [-0.2, 0) is 18.3 Å². The lowest BCUT2D eigenvalue weighted by Crippen LogP contribution is -2.49. The van der Waals surface area contributed by atoms with Gasteiger partial charge >= 0.3 is 0 Å². The number of hydrogen-bond acceptors (Lipinski definition) is 4. The van der Waals surface area contributed by atoms with Crippen LogP contribution in [0.3, 0.4) is 0 Å². The molecule has 0 saturated carbocycles. The number of carbonyl (C=O) groups excluding carboxylic acids is 1. The van der Waals surface area contributed by atoms with E-state index in [9.17, 15) is 9.90 Å². The van der Waals surface area contributed by atoms with E-state index in [1.807, 2.05) is 43.3 Å². The van der Waals surface area contributed by atoms with Crippen LogP contribution in [0.15, 0.2) is 36.4 Å². The first-order valence-corrected chi connectivity index (χ1v) is 9.51. The first-order chi connectivity index (χ1) is 12.8. The third-order valence-electron chi connectivity index (χ3n) is 5.34. The van der Waals surface area contributed by atoms with E-state index in [1.54, 1.807) is 16.6 Å². The fourth-order valence-corrected chi connectivity index (χ4v) is 3.45. The standard InChI is InChI=1S/C21H29N3O3/c1-15(2)18-12-19(23(4)22-18)20(25)24(13-17-8-6-5-7-9-17)14-21(26)10-11-27-16(21)3/h5-9,12,15-16,26H,10-11,13-14H2,1-4H3/t16-,21-/m1/s1. The summed E-state index contributed by atoms with van der Waals surface area (Å²) >= 11 is 0. The maximum atomic E-state index is 13.4. The van der Waals surface area contributed by atoms with Gasteiger partial charge in [-0.2, -0.15) is 5.10 Å². The Morgan fingerprint density at radius 1 is 1.41 bits per heavy atom. The van der Waals surface area contributed by atoms with Gasteiger partial charge in [0.1, 0.15) is 11.3 Å². The largest absolute Gasteiger partial charge is 0.385 e. The molecule has 0 spiro atoms. The Morgan fingerprint density at radius 2 is 2.11 bits per heavy atom. The van der Waals surface area contributed by atoms with Gasteiger partial charge in [-0.15, -0.1) is 0 Å². The van der Waals surface area contributed by atoms with Crippen molar-refractivity contribution in [1.82, 2.24) is 14.7 Å². The van der Waals surface area contributed by atoms with Crippen LogP contribution in [-0.4, -0.2) is 50.6 Å². The highest BCUT2D eigenvalue weighted by Gasteiger charge is 2.42. The molecule has 6 nitrogen and oxygen atoms in total. The van der Waals surface area contributed by atoms with Crippen molar-refractivity contribution in [2.45, 2.75) is 51.4 Å². The van der Waals surface area contributed by atoms with E-state index in [0.29, 0.717) is 25.3 Å². The van der Waals surface area contributed by atoms with Gasteiger partial charge in [0.2, 0.25) is 0 Å². The molecule has 1 aliphatic rings. The van der Waals surface area contributed by atoms with Crippen molar-refractivity contribution < 1.29 is 14.6 Å². The molecular weight excluding hydrogens is 342 g/mol. The average Bonchev–Trinajstić information content (AvgIpc) is 3.18. The van der Waals surface area contributed by atoms with Crippen LogP contribution in [0.4, 0.5) is 0 Å². The molecule has 0 unspecified atom stereocenters. The molecule has 1 N–H and O–H groups in total. The minimum absolute atomic E-state index is 0.131. The quantitative estimate of drug-likeness (QED) is 0.848. The van der Waals surface area contributed by atoms with Crippen LogP contribution < -0.4 is 0 Å². The summed E-state index contributed by atoms with van der Waals surface area (Å²) in [6.07, 6.45) is 0.219. The van der Waals surface area contributed by atoms with E-state index in [1.165, 1.54) is 0 Å². The van der Waals surface area contributed by atoms with E-state index in [4.69, 9.17) is 4.74 Å². The molecule has 0 radical (unpaired) electrons. The molecule has 1 saturated heterocycles. The lowest BCUT2D eigenvalue weighted by atomic mass is 9.95. The zero-order valence-electron chi connectivity index (χ0n) is 16.6. The summed E-state index contributed by atoms with van der Waals surface area (Å²) in [6.45, 7) is 7.13. The molecule has 1 aliphatic heterocycles. The molecule has 0 bridgehead atoms. The zero-order valence-corrected chi connectivity index (χ0v) is 16.6. The number of ether oxygens (including phenoxy) is 1. The highest BCUT2D eigenvalue weighted by molar-refractivity contribution is 5.92. The summed E-state index contributed by atoms with van der Waals surface area (Å²) in [5.41, 5.74) is 1.40. The molecule has 3 rings (SSSR count). The van der Waals surface area contributed by atoms with Gasteiger partial charge in [0.15, 0.2) is 0 Å². The lowest BCUT2D eigenvalue weighted by molar-refractivity contribution is -0.0459. The van der Waals surface area contributed by atoms with Crippen LogP contribution >= 0.6 is 0 Å². The lowest BCUT2D eigenvalue weighted by Gasteiger charge is -2.33. The fourth-order valence-electron chi connectivity index (χ4n) is 3.45. The van der Waals surface area contributed by atoms with Crippen molar-refractivity contribution in [1.29, 1.82) is 0 Å². The molecular formula is C21H29N3O3. The highest BCUT2D eigenvalue weighted by Crippen LogP contribution is 2.28. The number of aliphatic hydroxyl groups is 1. The Bertz CT molecular complexity index is 787. The van der Waals surface area contributed by atoms with Gasteiger partial charge in [0.05, 0.1) is 18.3 Å². The summed E-state index contributed by atoms with van der Waals surface area (Å²) in [5, 5.41) is 15.5. The van der Waals surface area contributed by atoms with Crippen LogP contribution in [0.25, 0.3) is 0 Å². The van der Waals surface area contributed by atoms with Crippen LogP contribution in [0.2, 0.25) is 0 Å². The fraction of sp³-hybridized carbons (Fsp3) is 0.524. The third-order valence-corrected chi connectivity index (χ3v) is 5.34. The van der Waals surface area contributed by atoms with Crippen molar-refractivity contribution in [2.24, 2.45) is 7.05 Å². The van der Waals surface area contributed by atoms with Gasteiger partial charge in [-0.05, 0) is 24.5 Å². The summed E-state index contributed by atoms with van der Waals surface area (Å²) in [5.74, 6) is 0.112. The molecule has 146 valence electrons. The van der Waals surface area contributed by atoms with Gasteiger partial charge in [-0.1, -0.05) is 44.2 Å². The zero-order chi connectivity index (χ0) is 19.6. The number of aryl methyl sites for hydroxylation is 1. The van der Waals surface area contributed by atoms with Crippen molar-refractivity contribution in [3.63, 3.8) is 0 Å². The molecule has 6 heteroatoms. The second kappa shape index (κ2) is 7.82. The summed E-state index contributed by atoms with van der Waals surface area (Å²) < 4.78 is 7.19. The smallest absolute Gasteiger partial charge is 0.272 e. The van der Waals surface area contributed by atoms with E-state index in [2.05, 4.69) is 18.9 Å². The number of carbonyl (C=O) groups is 1. The second-order valence-corrected chi connectivity index (χ2v) is 7.75. The second-order valence-electron chi connectivity index (χ2n) is 7.75. The SMILES string of the molecule is CC(C)c1cc(C(=O)N(Cc2ccccc2)C[C@]2(O)CCO[C@@H]2C)n(C)n1. The van der Waals surface area contributed by atoms with Crippen molar-refractivity contribution in [3.8, 4) is 0 Å². The molecule has 2 atom stereocenters. The topological polar surface area (TPSA) is 67.6 Å². The Hall–Kier alpha value is -2.18. The van der Waals surface area contributed by atoms with Gasteiger partial charge < -0.3 is 14.7 Å². The molecule has 1 aromatic heterocycles. The molecule has 1 amide bonds. The van der Waals surface area contributed by atoms with E-state index in [0.717, 1.165) is 11.3 Å². The third kappa shape index (κ3) is 4.22. The van der Waals surface area contributed by atoms with E-state index in [-0.39, 0.29) is 24.5 Å². The van der Waals surface area contributed by atoms with Crippen molar-refractivity contribution >= 4 is 5.91 Å². The predicted molar refractivity (Wildman–Crippen MR) is 103 cm³/mol. The minimum Gasteiger partial charge on any atom is -0.385 e. The van der Waals surface area contributed by atoms with Crippen LogP contribution in [0.5, 0.6) is 0 Å². The number of rotatable bonds is 6. The summed E-state index contributed by atoms with van der Waals surface area (Å²) in [4.78, 5) is 15.1. The normalized spacial score (nSPS) is 22.4.